The zero-order valence-electron chi connectivity index (χ0n) is 11.8. The highest BCUT2D eigenvalue weighted by atomic mass is 35.5. The highest BCUT2D eigenvalue weighted by molar-refractivity contribution is 7.89. The van der Waals surface area contributed by atoms with Crippen molar-refractivity contribution in [3.63, 3.8) is 0 Å². The van der Waals surface area contributed by atoms with Gasteiger partial charge in [0, 0.05) is 10.6 Å². The quantitative estimate of drug-likeness (QED) is 0.874. The number of halogens is 1. The second kappa shape index (κ2) is 7.32. The van der Waals surface area contributed by atoms with Gasteiger partial charge in [0.05, 0.1) is 18.6 Å². The fourth-order valence-corrected chi connectivity index (χ4v) is 2.70. The lowest BCUT2D eigenvalue weighted by atomic mass is 10.2. The fraction of sp³-hybridized carbons (Fsp3) is 0.125. The summed E-state index contributed by atoms with van der Waals surface area (Å²) in [7, 11) is -1.98. The number of methoxy groups -OCH3 is 1. The molecule has 114 valence electrons. The molecule has 0 radical (unpaired) electrons. The van der Waals surface area contributed by atoms with Gasteiger partial charge in [-0.1, -0.05) is 23.4 Å². The number of ether oxygens (including phenoxy) is 1. The van der Waals surface area contributed by atoms with Crippen LogP contribution in [0.25, 0.3) is 0 Å². The minimum absolute atomic E-state index is 0.0248. The van der Waals surface area contributed by atoms with Gasteiger partial charge in [-0.25, -0.2) is 8.42 Å². The van der Waals surface area contributed by atoms with Crippen molar-refractivity contribution in [3.05, 3.63) is 59.1 Å². The molecular formula is C16H14ClNO3S. The van der Waals surface area contributed by atoms with E-state index in [1.807, 2.05) is 0 Å². The van der Waals surface area contributed by atoms with E-state index in [2.05, 4.69) is 16.6 Å². The number of benzene rings is 2. The summed E-state index contributed by atoms with van der Waals surface area (Å²) in [5, 5.41) is 0.484. The molecule has 0 saturated heterocycles. The number of rotatable bonds is 4. The first-order chi connectivity index (χ1) is 10.5. The SMILES string of the molecule is COc1ccc(C#CCNS(=O)(=O)c2ccc(Cl)cc2)cc1. The molecule has 0 aromatic heterocycles. The van der Waals surface area contributed by atoms with E-state index in [4.69, 9.17) is 16.3 Å². The maximum atomic E-state index is 12.0. The second-order valence-corrected chi connectivity index (χ2v) is 6.51. The topological polar surface area (TPSA) is 55.4 Å². The van der Waals surface area contributed by atoms with E-state index in [1.165, 1.54) is 24.3 Å². The Morgan fingerprint density at radius 3 is 2.32 bits per heavy atom. The van der Waals surface area contributed by atoms with Crippen LogP contribution in [0.3, 0.4) is 0 Å². The zero-order valence-corrected chi connectivity index (χ0v) is 13.4. The number of nitrogens with one attached hydrogen (secondary N) is 1. The third-order valence-electron chi connectivity index (χ3n) is 2.80. The van der Waals surface area contributed by atoms with Gasteiger partial charge in [-0.05, 0) is 48.5 Å². The summed E-state index contributed by atoms with van der Waals surface area (Å²) >= 11 is 5.73. The van der Waals surface area contributed by atoms with Crippen LogP contribution >= 0.6 is 11.6 Å². The van der Waals surface area contributed by atoms with Crippen molar-refractivity contribution in [2.24, 2.45) is 0 Å². The van der Waals surface area contributed by atoms with Gasteiger partial charge in [0.25, 0.3) is 0 Å². The summed E-state index contributed by atoms with van der Waals surface area (Å²) in [4.78, 5) is 0.156. The molecule has 0 atom stereocenters. The molecule has 0 spiro atoms. The van der Waals surface area contributed by atoms with Gasteiger partial charge in [0.15, 0.2) is 0 Å². The molecule has 2 aromatic carbocycles. The summed E-state index contributed by atoms with van der Waals surface area (Å²) in [6.45, 7) is 0.0248. The Labute approximate surface area is 135 Å². The first-order valence-corrected chi connectivity index (χ1v) is 8.25. The van der Waals surface area contributed by atoms with Crippen LogP contribution in [0.1, 0.15) is 5.56 Å². The largest absolute Gasteiger partial charge is 0.497 e. The van der Waals surface area contributed by atoms with E-state index in [1.54, 1.807) is 31.4 Å². The maximum Gasteiger partial charge on any atom is 0.241 e. The maximum absolute atomic E-state index is 12.0. The Morgan fingerprint density at radius 1 is 1.09 bits per heavy atom. The smallest absolute Gasteiger partial charge is 0.241 e. The molecule has 1 N–H and O–H groups in total. The van der Waals surface area contributed by atoms with Crippen molar-refractivity contribution in [2.75, 3.05) is 13.7 Å². The minimum atomic E-state index is -3.57. The molecule has 2 rings (SSSR count). The van der Waals surface area contributed by atoms with Crippen LogP contribution in [-0.2, 0) is 10.0 Å². The van der Waals surface area contributed by atoms with Gasteiger partial charge in [-0.15, -0.1) is 0 Å². The Hall–Kier alpha value is -2.00. The van der Waals surface area contributed by atoms with Crippen LogP contribution in [0.2, 0.25) is 5.02 Å². The lowest BCUT2D eigenvalue weighted by molar-refractivity contribution is 0.415. The van der Waals surface area contributed by atoms with Crippen LogP contribution in [0, 0.1) is 11.8 Å². The Bertz CT molecular complexity index is 788. The van der Waals surface area contributed by atoms with Gasteiger partial charge in [-0.3, -0.25) is 0 Å². The lowest BCUT2D eigenvalue weighted by Gasteiger charge is -2.03. The van der Waals surface area contributed by atoms with Crippen molar-refractivity contribution in [1.29, 1.82) is 0 Å². The predicted octanol–water partition coefficient (Wildman–Crippen LogP) is 2.68. The minimum Gasteiger partial charge on any atom is -0.497 e. The van der Waals surface area contributed by atoms with Gasteiger partial charge in [-0.2, -0.15) is 4.72 Å². The molecule has 0 aliphatic carbocycles. The molecular weight excluding hydrogens is 322 g/mol. The van der Waals surface area contributed by atoms with E-state index < -0.39 is 10.0 Å². The van der Waals surface area contributed by atoms with Crippen LogP contribution < -0.4 is 9.46 Å². The Morgan fingerprint density at radius 2 is 1.73 bits per heavy atom. The molecule has 4 nitrogen and oxygen atoms in total. The van der Waals surface area contributed by atoms with E-state index in [0.717, 1.165) is 11.3 Å². The zero-order chi connectivity index (χ0) is 16.0. The Balaban J connectivity index is 1.98. The van der Waals surface area contributed by atoms with Gasteiger partial charge in [0.1, 0.15) is 5.75 Å². The molecule has 0 aliphatic heterocycles. The van der Waals surface area contributed by atoms with Crippen molar-refractivity contribution in [3.8, 4) is 17.6 Å². The highest BCUT2D eigenvalue weighted by Crippen LogP contribution is 2.13. The first-order valence-electron chi connectivity index (χ1n) is 6.39. The van der Waals surface area contributed by atoms with Gasteiger partial charge in [0.2, 0.25) is 10.0 Å². The summed E-state index contributed by atoms with van der Waals surface area (Å²) < 4.78 is 31.5. The summed E-state index contributed by atoms with van der Waals surface area (Å²) in [6.07, 6.45) is 0. The second-order valence-electron chi connectivity index (χ2n) is 4.31. The standard InChI is InChI=1S/C16H14ClNO3S/c1-21-15-8-4-13(5-9-15)3-2-12-18-22(19,20)16-10-6-14(17)7-11-16/h4-11,18H,12H2,1H3. The van der Waals surface area contributed by atoms with Crippen molar-refractivity contribution >= 4 is 21.6 Å². The summed E-state index contributed by atoms with van der Waals surface area (Å²) in [5.74, 6) is 6.39. The van der Waals surface area contributed by atoms with Crippen LogP contribution in [0.4, 0.5) is 0 Å². The van der Waals surface area contributed by atoms with Gasteiger partial charge < -0.3 is 4.74 Å². The predicted molar refractivity (Wildman–Crippen MR) is 86.5 cm³/mol. The van der Waals surface area contributed by atoms with E-state index >= 15 is 0 Å². The molecule has 22 heavy (non-hydrogen) atoms. The molecule has 0 heterocycles. The molecule has 0 fully saturated rings. The van der Waals surface area contributed by atoms with E-state index in [9.17, 15) is 8.42 Å². The van der Waals surface area contributed by atoms with E-state index in [0.29, 0.717) is 5.02 Å². The third-order valence-corrected chi connectivity index (χ3v) is 4.47. The third kappa shape index (κ3) is 4.50. The van der Waals surface area contributed by atoms with Crippen LogP contribution in [0.15, 0.2) is 53.4 Å². The molecule has 6 heteroatoms. The molecule has 0 saturated carbocycles. The van der Waals surface area contributed by atoms with Crippen molar-refractivity contribution in [1.82, 2.24) is 4.72 Å². The first kappa shape index (κ1) is 16.4. The summed E-state index contributed by atoms with van der Waals surface area (Å²) in [6, 6.07) is 13.1. The number of sulfonamides is 1. The average Bonchev–Trinajstić information content (AvgIpc) is 2.52. The lowest BCUT2D eigenvalue weighted by Crippen LogP contribution is -2.23. The number of hydrogen-bond acceptors (Lipinski definition) is 3. The molecule has 0 unspecified atom stereocenters. The molecule has 0 amide bonds. The molecule has 0 aliphatic rings. The van der Waals surface area contributed by atoms with Gasteiger partial charge >= 0.3 is 0 Å². The number of hydrogen-bond donors (Lipinski definition) is 1. The van der Waals surface area contributed by atoms with Crippen LogP contribution in [-0.4, -0.2) is 22.1 Å². The normalized spacial score (nSPS) is 10.6. The van der Waals surface area contributed by atoms with Crippen molar-refractivity contribution < 1.29 is 13.2 Å². The van der Waals surface area contributed by atoms with Crippen molar-refractivity contribution in [2.45, 2.75) is 4.90 Å². The molecule has 0 bridgehead atoms. The van der Waals surface area contributed by atoms with Crippen LogP contribution in [0.5, 0.6) is 5.75 Å². The highest BCUT2D eigenvalue weighted by Gasteiger charge is 2.11. The Kier molecular flexibility index (Phi) is 5.45. The summed E-state index contributed by atoms with van der Waals surface area (Å²) in [5.41, 5.74) is 0.784. The van der Waals surface area contributed by atoms with E-state index in [-0.39, 0.29) is 11.4 Å². The monoisotopic (exact) mass is 335 g/mol. The average molecular weight is 336 g/mol. The molecule has 2 aromatic rings. The fourth-order valence-electron chi connectivity index (χ4n) is 1.65.